The summed E-state index contributed by atoms with van der Waals surface area (Å²) in [5.74, 6) is 0. The first kappa shape index (κ1) is 19.5. The largest absolute Gasteiger partial charge is 0.310 e. The number of pyridine rings is 4. The third kappa shape index (κ3) is 3.50. The van der Waals surface area contributed by atoms with E-state index in [2.05, 4.69) is 9.97 Å². The van der Waals surface area contributed by atoms with Crippen LogP contribution in [0.5, 0.6) is 0 Å². The summed E-state index contributed by atoms with van der Waals surface area (Å²) in [5, 5.41) is 2.12. The smallest absolute Gasteiger partial charge is 0.264 e. The predicted molar refractivity (Wildman–Crippen MR) is 122 cm³/mol. The Hall–Kier alpha value is -3.48. The molecule has 0 aliphatic rings. The summed E-state index contributed by atoms with van der Waals surface area (Å²) < 4.78 is 3.02. The van der Waals surface area contributed by atoms with Gasteiger partial charge in [0.15, 0.2) is 0 Å². The maximum absolute atomic E-state index is 13.3. The SMILES string of the molecule is O=c1c2c(ccn1Cc1cccnc1)ncc1c(=O)n(-c3cc(Cl)cc(Cl)c3)ccc12. The van der Waals surface area contributed by atoms with Gasteiger partial charge in [0.05, 0.1) is 28.5 Å². The number of benzene rings is 1. The van der Waals surface area contributed by atoms with Crippen molar-refractivity contribution in [2.45, 2.75) is 6.54 Å². The van der Waals surface area contributed by atoms with Crippen LogP contribution in [-0.2, 0) is 6.54 Å². The highest BCUT2D eigenvalue weighted by Gasteiger charge is 2.13. The Morgan fingerprint density at radius 1 is 0.871 bits per heavy atom. The average Bonchev–Trinajstić information content (AvgIpc) is 2.75. The minimum absolute atomic E-state index is 0.220. The van der Waals surface area contributed by atoms with Gasteiger partial charge in [-0.3, -0.25) is 24.1 Å². The number of fused-ring (bicyclic) bond motifs is 3. The van der Waals surface area contributed by atoms with Gasteiger partial charge >= 0.3 is 0 Å². The van der Waals surface area contributed by atoms with Crippen molar-refractivity contribution in [1.29, 1.82) is 0 Å². The number of halogens is 2. The zero-order valence-electron chi connectivity index (χ0n) is 16.0. The van der Waals surface area contributed by atoms with Crippen LogP contribution in [0.3, 0.4) is 0 Å². The molecular weight excluding hydrogens is 435 g/mol. The van der Waals surface area contributed by atoms with Crippen molar-refractivity contribution >= 4 is 44.9 Å². The lowest BCUT2D eigenvalue weighted by Crippen LogP contribution is -2.22. The summed E-state index contributed by atoms with van der Waals surface area (Å²) in [6, 6.07) is 12.1. The van der Waals surface area contributed by atoms with Crippen molar-refractivity contribution in [2.24, 2.45) is 0 Å². The van der Waals surface area contributed by atoms with E-state index in [1.165, 1.54) is 10.8 Å². The van der Waals surface area contributed by atoms with Crippen LogP contribution in [0.2, 0.25) is 10.0 Å². The second-order valence-electron chi connectivity index (χ2n) is 7.07. The molecule has 0 spiro atoms. The summed E-state index contributed by atoms with van der Waals surface area (Å²) in [5.41, 5.74) is 1.43. The summed E-state index contributed by atoms with van der Waals surface area (Å²) in [4.78, 5) is 34.9. The molecule has 0 aliphatic carbocycles. The van der Waals surface area contributed by atoms with Crippen molar-refractivity contribution in [3.63, 3.8) is 0 Å². The number of hydrogen-bond donors (Lipinski definition) is 0. The molecule has 0 N–H and O–H groups in total. The van der Waals surface area contributed by atoms with Gasteiger partial charge in [0.25, 0.3) is 11.1 Å². The Bertz CT molecular complexity index is 1560. The van der Waals surface area contributed by atoms with Crippen molar-refractivity contribution in [3.8, 4) is 5.69 Å². The molecule has 1 aromatic carbocycles. The van der Waals surface area contributed by atoms with Crippen LogP contribution in [0.4, 0.5) is 0 Å². The van der Waals surface area contributed by atoms with Gasteiger partial charge in [-0.15, -0.1) is 0 Å². The second kappa shape index (κ2) is 7.65. The molecule has 6 nitrogen and oxygen atoms in total. The molecule has 0 radical (unpaired) electrons. The molecule has 0 saturated heterocycles. The summed E-state index contributed by atoms with van der Waals surface area (Å²) in [6.45, 7) is 0.372. The fraction of sp³-hybridized carbons (Fsp3) is 0.0435. The molecule has 152 valence electrons. The topological polar surface area (TPSA) is 69.8 Å². The van der Waals surface area contributed by atoms with Crippen LogP contribution in [-0.4, -0.2) is 19.1 Å². The minimum atomic E-state index is -0.313. The fourth-order valence-electron chi connectivity index (χ4n) is 3.65. The third-order valence-electron chi connectivity index (χ3n) is 5.08. The predicted octanol–water partition coefficient (Wildman–Crippen LogP) is 4.45. The van der Waals surface area contributed by atoms with E-state index in [0.29, 0.717) is 44.0 Å². The highest BCUT2D eigenvalue weighted by Crippen LogP contribution is 2.23. The zero-order chi connectivity index (χ0) is 21.5. The quantitative estimate of drug-likeness (QED) is 0.382. The molecule has 0 unspecified atom stereocenters. The van der Waals surface area contributed by atoms with Crippen molar-refractivity contribution < 1.29 is 0 Å². The molecule has 0 bridgehead atoms. The van der Waals surface area contributed by atoms with Crippen LogP contribution in [0.1, 0.15) is 5.56 Å². The lowest BCUT2D eigenvalue weighted by molar-refractivity contribution is 0.764. The Kier molecular flexibility index (Phi) is 4.81. The maximum Gasteiger partial charge on any atom is 0.264 e. The highest BCUT2D eigenvalue weighted by atomic mass is 35.5. The van der Waals surface area contributed by atoms with E-state index in [4.69, 9.17) is 23.2 Å². The maximum atomic E-state index is 13.3. The molecule has 5 rings (SSSR count). The van der Waals surface area contributed by atoms with Gasteiger partial charge in [-0.1, -0.05) is 29.3 Å². The second-order valence-corrected chi connectivity index (χ2v) is 7.95. The van der Waals surface area contributed by atoms with Gasteiger partial charge in [-0.05, 0) is 42.0 Å². The van der Waals surface area contributed by atoms with Crippen LogP contribution in [0.25, 0.3) is 27.4 Å². The van der Waals surface area contributed by atoms with E-state index in [1.54, 1.807) is 59.7 Å². The van der Waals surface area contributed by atoms with Gasteiger partial charge in [0.2, 0.25) is 0 Å². The number of aromatic nitrogens is 4. The van der Waals surface area contributed by atoms with Crippen LogP contribution in [0, 0.1) is 0 Å². The molecular formula is C23H14Cl2N4O2. The molecule has 31 heavy (non-hydrogen) atoms. The Morgan fingerprint density at radius 3 is 2.42 bits per heavy atom. The van der Waals surface area contributed by atoms with Gasteiger partial charge in [0, 0.05) is 46.4 Å². The lowest BCUT2D eigenvalue weighted by atomic mass is 10.1. The van der Waals surface area contributed by atoms with E-state index in [1.807, 2.05) is 12.1 Å². The first-order valence-corrected chi connectivity index (χ1v) is 10.2. The van der Waals surface area contributed by atoms with Crippen LogP contribution >= 0.6 is 23.2 Å². The molecule has 4 aromatic heterocycles. The van der Waals surface area contributed by atoms with Crippen molar-refractivity contribution in [2.75, 3.05) is 0 Å². The zero-order valence-corrected chi connectivity index (χ0v) is 17.5. The molecule has 5 aromatic rings. The normalized spacial score (nSPS) is 11.3. The highest BCUT2D eigenvalue weighted by molar-refractivity contribution is 6.34. The van der Waals surface area contributed by atoms with Gasteiger partial charge in [-0.25, -0.2) is 0 Å². The minimum Gasteiger partial charge on any atom is -0.310 e. The van der Waals surface area contributed by atoms with E-state index in [-0.39, 0.29) is 11.1 Å². The molecule has 0 amide bonds. The van der Waals surface area contributed by atoms with E-state index >= 15 is 0 Å². The lowest BCUT2D eigenvalue weighted by Gasteiger charge is -2.11. The Labute approximate surface area is 186 Å². The first-order valence-electron chi connectivity index (χ1n) is 9.40. The third-order valence-corrected chi connectivity index (χ3v) is 5.51. The summed E-state index contributed by atoms with van der Waals surface area (Å²) in [6.07, 6.45) is 8.21. The summed E-state index contributed by atoms with van der Waals surface area (Å²) in [7, 11) is 0. The number of hydrogen-bond acceptors (Lipinski definition) is 4. The molecule has 0 aliphatic heterocycles. The average molecular weight is 449 g/mol. The number of rotatable bonds is 3. The van der Waals surface area contributed by atoms with Crippen molar-refractivity contribution in [1.82, 2.24) is 19.1 Å². The molecule has 0 saturated carbocycles. The summed E-state index contributed by atoms with van der Waals surface area (Å²) >= 11 is 12.2. The van der Waals surface area contributed by atoms with Crippen molar-refractivity contribution in [3.05, 3.63) is 110 Å². The van der Waals surface area contributed by atoms with Gasteiger partial charge < -0.3 is 4.57 Å². The van der Waals surface area contributed by atoms with E-state index in [9.17, 15) is 9.59 Å². The van der Waals surface area contributed by atoms with E-state index in [0.717, 1.165) is 5.56 Å². The van der Waals surface area contributed by atoms with E-state index < -0.39 is 0 Å². The first-order chi connectivity index (χ1) is 15.0. The molecule has 8 heteroatoms. The number of nitrogens with zero attached hydrogens (tertiary/aromatic N) is 4. The fourth-order valence-corrected chi connectivity index (χ4v) is 4.16. The molecule has 4 heterocycles. The molecule has 0 atom stereocenters. The van der Waals surface area contributed by atoms with Crippen LogP contribution < -0.4 is 11.1 Å². The Morgan fingerprint density at radius 2 is 1.68 bits per heavy atom. The molecule has 0 fully saturated rings. The standard InChI is InChI=1S/C23H14Cl2N4O2/c24-15-8-16(25)10-17(9-15)29-7-3-18-19(22(29)30)12-27-20-4-6-28(23(31)21(18)20)13-14-2-1-5-26-11-14/h1-12H,13H2. The Balaban J connectivity index is 1.73. The van der Waals surface area contributed by atoms with Gasteiger partial charge in [0.1, 0.15) is 0 Å². The monoisotopic (exact) mass is 448 g/mol. The van der Waals surface area contributed by atoms with Crippen LogP contribution in [0.15, 0.2) is 83.0 Å². The van der Waals surface area contributed by atoms with Gasteiger partial charge in [-0.2, -0.15) is 0 Å².